The van der Waals surface area contributed by atoms with Gasteiger partial charge in [-0.15, -0.1) is 0 Å². The van der Waals surface area contributed by atoms with Gasteiger partial charge in [0.15, 0.2) is 0 Å². The zero-order valence-electron chi connectivity index (χ0n) is 11.4. The van der Waals surface area contributed by atoms with Crippen molar-refractivity contribution in [3.05, 3.63) is 23.5 Å². The van der Waals surface area contributed by atoms with E-state index in [0.29, 0.717) is 18.8 Å². The first-order valence-electron chi connectivity index (χ1n) is 6.03. The molecule has 0 bridgehead atoms. The normalized spacial score (nSPS) is 11.9. The second-order valence-electron chi connectivity index (χ2n) is 4.41. The summed E-state index contributed by atoms with van der Waals surface area (Å²) < 4.78 is 1.78. The zero-order chi connectivity index (χ0) is 13.7. The molecule has 1 aromatic rings. The number of carbonyl (C=O) groups excluding carboxylic acids is 1. The number of nitrogens with one attached hydrogen (secondary N) is 1. The van der Waals surface area contributed by atoms with Crippen molar-refractivity contribution in [1.29, 1.82) is 5.26 Å². The van der Waals surface area contributed by atoms with E-state index < -0.39 is 0 Å². The van der Waals surface area contributed by atoms with Crippen molar-refractivity contribution >= 4 is 5.91 Å². The lowest BCUT2D eigenvalue weighted by Gasteiger charge is -2.20. The third-order valence-corrected chi connectivity index (χ3v) is 3.01. The third kappa shape index (κ3) is 3.34. The molecule has 0 aliphatic rings. The van der Waals surface area contributed by atoms with Crippen molar-refractivity contribution in [2.75, 3.05) is 13.6 Å². The van der Waals surface area contributed by atoms with Crippen molar-refractivity contribution in [2.24, 2.45) is 7.05 Å². The molecule has 1 unspecified atom stereocenters. The van der Waals surface area contributed by atoms with E-state index >= 15 is 0 Å². The number of amides is 1. The summed E-state index contributed by atoms with van der Waals surface area (Å²) in [5.74, 6) is 0.0777. The zero-order valence-corrected chi connectivity index (χ0v) is 11.4. The minimum absolute atomic E-state index is 0.0777. The Morgan fingerprint density at radius 3 is 2.83 bits per heavy atom. The highest BCUT2D eigenvalue weighted by Crippen LogP contribution is 2.06. The Balaban J connectivity index is 2.55. The number of rotatable bonds is 5. The first-order chi connectivity index (χ1) is 8.49. The standard InChI is InChI=1S/C13H20N4O/c1-5-16(3)13(18)10(2)15-8-11-6-12(7-14)17(4)9-11/h6,9-10,15H,5,8H2,1-4H3. The molecule has 0 saturated heterocycles. The number of aryl methyl sites for hydroxylation is 1. The van der Waals surface area contributed by atoms with Crippen LogP contribution in [0.2, 0.25) is 0 Å². The topological polar surface area (TPSA) is 61.1 Å². The quantitative estimate of drug-likeness (QED) is 0.840. The van der Waals surface area contributed by atoms with Gasteiger partial charge < -0.3 is 14.8 Å². The molecule has 0 fully saturated rings. The summed E-state index contributed by atoms with van der Waals surface area (Å²) in [6.07, 6.45) is 1.90. The lowest BCUT2D eigenvalue weighted by atomic mass is 10.2. The Morgan fingerprint density at radius 1 is 1.67 bits per heavy atom. The Labute approximate surface area is 108 Å². The summed E-state index contributed by atoms with van der Waals surface area (Å²) >= 11 is 0. The number of hydrogen-bond acceptors (Lipinski definition) is 3. The number of aromatic nitrogens is 1. The largest absolute Gasteiger partial charge is 0.345 e. The van der Waals surface area contributed by atoms with Gasteiger partial charge in [0.1, 0.15) is 11.8 Å². The molecular formula is C13H20N4O. The molecule has 1 rings (SSSR count). The molecule has 98 valence electrons. The maximum atomic E-state index is 11.8. The molecule has 0 aliphatic carbocycles. The van der Waals surface area contributed by atoms with Crippen LogP contribution in [0.15, 0.2) is 12.3 Å². The number of hydrogen-bond donors (Lipinski definition) is 1. The molecular weight excluding hydrogens is 228 g/mol. The summed E-state index contributed by atoms with van der Waals surface area (Å²) in [6.45, 7) is 5.08. The Morgan fingerprint density at radius 2 is 2.33 bits per heavy atom. The summed E-state index contributed by atoms with van der Waals surface area (Å²) in [5.41, 5.74) is 1.63. The van der Waals surface area contributed by atoms with E-state index in [1.165, 1.54) is 0 Å². The van der Waals surface area contributed by atoms with Gasteiger partial charge >= 0.3 is 0 Å². The van der Waals surface area contributed by atoms with Crippen LogP contribution < -0.4 is 5.32 Å². The van der Waals surface area contributed by atoms with E-state index in [1.807, 2.05) is 33.2 Å². The van der Waals surface area contributed by atoms with Crippen LogP contribution >= 0.6 is 0 Å². The molecule has 0 radical (unpaired) electrons. The first-order valence-corrected chi connectivity index (χ1v) is 6.03. The Bertz CT molecular complexity index is 458. The fraction of sp³-hybridized carbons (Fsp3) is 0.538. The van der Waals surface area contributed by atoms with Gasteiger partial charge in [-0.05, 0) is 25.5 Å². The SMILES string of the molecule is CCN(C)C(=O)C(C)NCc1cc(C#N)n(C)c1. The van der Waals surface area contributed by atoms with Gasteiger partial charge in [-0.3, -0.25) is 4.79 Å². The van der Waals surface area contributed by atoms with Crippen molar-refractivity contribution < 1.29 is 4.79 Å². The van der Waals surface area contributed by atoms with Crippen LogP contribution in [0.4, 0.5) is 0 Å². The van der Waals surface area contributed by atoms with Crippen LogP contribution in [-0.2, 0) is 18.4 Å². The van der Waals surface area contributed by atoms with E-state index in [0.717, 1.165) is 5.56 Å². The molecule has 1 atom stereocenters. The predicted octanol–water partition coefficient (Wildman–Crippen LogP) is 0.853. The fourth-order valence-electron chi connectivity index (χ4n) is 1.69. The second kappa shape index (κ2) is 6.22. The van der Waals surface area contributed by atoms with E-state index in [2.05, 4.69) is 11.4 Å². The van der Waals surface area contributed by atoms with Gasteiger partial charge in [-0.25, -0.2) is 0 Å². The first kappa shape index (κ1) is 14.3. The average Bonchev–Trinajstić information content (AvgIpc) is 2.74. The van der Waals surface area contributed by atoms with Crippen LogP contribution in [0.1, 0.15) is 25.1 Å². The molecule has 5 heteroatoms. The average molecular weight is 248 g/mol. The van der Waals surface area contributed by atoms with Crippen molar-refractivity contribution in [2.45, 2.75) is 26.4 Å². The van der Waals surface area contributed by atoms with Crippen molar-refractivity contribution in [1.82, 2.24) is 14.8 Å². The highest BCUT2D eigenvalue weighted by atomic mass is 16.2. The number of carbonyl (C=O) groups is 1. The van der Waals surface area contributed by atoms with Crippen molar-refractivity contribution in [3.8, 4) is 6.07 Å². The van der Waals surface area contributed by atoms with E-state index in [9.17, 15) is 4.79 Å². The molecule has 0 saturated carbocycles. The van der Waals surface area contributed by atoms with Crippen molar-refractivity contribution in [3.63, 3.8) is 0 Å². The fourth-order valence-corrected chi connectivity index (χ4v) is 1.69. The van der Waals surface area contributed by atoms with E-state index in [-0.39, 0.29) is 11.9 Å². The smallest absolute Gasteiger partial charge is 0.239 e. The predicted molar refractivity (Wildman–Crippen MR) is 69.7 cm³/mol. The Hall–Kier alpha value is -1.80. The van der Waals surface area contributed by atoms with Gasteiger partial charge in [-0.2, -0.15) is 5.26 Å². The van der Waals surface area contributed by atoms with Crippen LogP contribution in [0.5, 0.6) is 0 Å². The maximum Gasteiger partial charge on any atom is 0.239 e. The van der Waals surface area contributed by atoms with Gasteiger partial charge in [-0.1, -0.05) is 0 Å². The van der Waals surface area contributed by atoms with Crippen LogP contribution in [0, 0.1) is 11.3 Å². The van der Waals surface area contributed by atoms with Crippen LogP contribution in [0.3, 0.4) is 0 Å². The lowest BCUT2D eigenvalue weighted by Crippen LogP contribution is -2.42. The second-order valence-corrected chi connectivity index (χ2v) is 4.41. The lowest BCUT2D eigenvalue weighted by molar-refractivity contribution is -0.131. The molecule has 18 heavy (non-hydrogen) atoms. The molecule has 1 N–H and O–H groups in total. The van der Waals surface area contributed by atoms with Gasteiger partial charge in [0, 0.05) is 33.4 Å². The molecule has 1 heterocycles. The molecule has 1 aromatic heterocycles. The molecule has 1 amide bonds. The van der Waals surface area contributed by atoms with Gasteiger partial charge in [0.25, 0.3) is 0 Å². The highest BCUT2D eigenvalue weighted by Gasteiger charge is 2.15. The summed E-state index contributed by atoms with van der Waals surface area (Å²) in [7, 11) is 3.62. The van der Waals surface area contributed by atoms with Crippen LogP contribution in [0.25, 0.3) is 0 Å². The van der Waals surface area contributed by atoms with Gasteiger partial charge in [0.2, 0.25) is 5.91 Å². The number of nitrogens with zero attached hydrogens (tertiary/aromatic N) is 3. The summed E-state index contributed by atoms with van der Waals surface area (Å²) in [4.78, 5) is 13.5. The molecule has 0 aromatic carbocycles. The van der Waals surface area contributed by atoms with E-state index in [4.69, 9.17) is 5.26 Å². The maximum absolute atomic E-state index is 11.8. The number of likely N-dealkylation sites (N-methyl/N-ethyl adjacent to an activating group) is 1. The van der Waals surface area contributed by atoms with E-state index in [1.54, 1.807) is 16.5 Å². The molecule has 5 nitrogen and oxygen atoms in total. The minimum Gasteiger partial charge on any atom is -0.345 e. The highest BCUT2D eigenvalue weighted by molar-refractivity contribution is 5.81. The number of nitriles is 1. The Kier molecular flexibility index (Phi) is 4.93. The monoisotopic (exact) mass is 248 g/mol. The summed E-state index contributed by atoms with van der Waals surface area (Å²) in [6, 6.07) is 3.72. The molecule has 0 aliphatic heterocycles. The third-order valence-electron chi connectivity index (χ3n) is 3.01. The molecule has 0 spiro atoms. The van der Waals surface area contributed by atoms with Gasteiger partial charge in [0.05, 0.1) is 6.04 Å². The minimum atomic E-state index is -0.222. The summed E-state index contributed by atoms with van der Waals surface area (Å²) in [5, 5.41) is 12.0. The van der Waals surface area contributed by atoms with Crippen LogP contribution in [-0.4, -0.2) is 35.0 Å².